The van der Waals surface area contributed by atoms with Gasteiger partial charge in [-0.25, -0.2) is 9.97 Å². The Morgan fingerprint density at radius 1 is 0.867 bits per heavy atom. The van der Waals surface area contributed by atoms with Crippen LogP contribution in [-0.4, -0.2) is 65.4 Å². The van der Waals surface area contributed by atoms with E-state index in [9.17, 15) is 4.79 Å². The van der Waals surface area contributed by atoms with E-state index in [0.717, 1.165) is 43.3 Å². The number of carbonyl (C=O) groups excluding carboxylic acids is 1. The summed E-state index contributed by atoms with van der Waals surface area (Å²) in [5.74, 6) is 0.880. The first-order chi connectivity index (χ1) is 14.7. The molecule has 3 aromatic rings. The van der Waals surface area contributed by atoms with Gasteiger partial charge in [-0.1, -0.05) is 60.7 Å². The lowest BCUT2D eigenvalue weighted by Crippen LogP contribution is -2.50. The average Bonchev–Trinajstić information content (AvgIpc) is 2.82. The van der Waals surface area contributed by atoms with Gasteiger partial charge in [0.25, 0.3) is 0 Å². The van der Waals surface area contributed by atoms with Crippen molar-refractivity contribution in [3.63, 3.8) is 0 Å². The van der Waals surface area contributed by atoms with E-state index in [2.05, 4.69) is 44.0 Å². The Bertz CT molecular complexity index is 888. The molecule has 6 nitrogen and oxygen atoms in total. The molecule has 1 saturated heterocycles. The number of piperazine rings is 1. The zero-order chi connectivity index (χ0) is 20.8. The third-order valence-corrected chi connectivity index (χ3v) is 5.58. The summed E-state index contributed by atoms with van der Waals surface area (Å²) in [6, 6.07) is 22.2. The van der Waals surface area contributed by atoms with Crippen molar-refractivity contribution in [2.24, 2.45) is 0 Å². The number of hydrogen-bond acceptors (Lipinski definition) is 5. The fourth-order valence-electron chi connectivity index (χ4n) is 3.92. The third kappa shape index (κ3) is 4.66. The van der Waals surface area contributed by atoms with Gasteiger partial charge in [0, 0.05) is 45.6 Å². The van der Waals surface area contributed by atoms with Gasteiger partial charge in [0.1, 0.15) is 0 Å². The number of amides is 1. The van der Waals surface area contributed by atoms with Gasteiger partial charge in [0.05, 0.1) is 12.6 Å². The first kappa shape index (κ1) is 20.0. The number of hydrogen-bond donors (Lipinski definition) is 0. The minimum absolute atomic E-state index is 0.0982. The average molecular weight is 402 g/mol. The lowest BCUT2D eigenvalue weighted by atomic mass is 9.97. The molecule has 0 bridgehead atoms. The lowest BCUT2D eigenvalue weighted by Gasteiger charge is -2.36. The Morgan fingerprint density at radius 3 is 1.93 bits per heavy atom. The largest absolute Gasteiger partial charge is 0.338 e. The predicted molar refractivity (Wildman–Crippen MR) is 118 cm³/mol. The molecule has 1 aliphatic heterocycles. The van der Waals surface area contributed by atoms with Crippen LogP contribution in [0.1, 0.15) is 17.2 Å². The molecular formula is C24H27N5O. The highest BCUT2D eigenvalue weighted by Crippen LogP contribution is 2.27. The SMILES string of the molecule is CN(C(=O)CN1CCN(c2ncccn2)CC1)C(c1ccccc1)c1ccccc1. The maximum atomic E-state index is 13.2. The Morgan fingerprint density at radius 2 is 1.40 bits per heavy atom. The van der Waals surface area contributed by atoms with Crippen molar-refractivity contribution < 1.29 is 4.79 Å². The van der Waals surface area contributed by atoms with Crippen molar-refractivity contribution in [3.05, 3.63) is 90.3 Å². The summed E-state index contributed by atoms with van der Waals surface area (Å²) >= 11 is 0. The molecule has 0 aliphatic carbocycles. The van der Waals surface area contributed by atoms with Gasteiger partial charge >= 0.3 is 0 Å². The van der Waals surface area contributed by atoms with E-state index in [1.807, 2.05) is 54.4 Å². The quantitative estimate of drug-likeness (QED) is 0.636. The fourth-order valence-corrected chi connectivity index (χ4v) is 3.92. The van der Waals surface area contributed by atoms with Gasteiger partial charge in [-0.05, 0) is 17.2 Å². The normalized spacial score (nSPS) is 14.7. The molecule has 0 N–H and O–H groups in total. The fraction of sp³-hybridized carbons (Fsp3) is 0.292. The van der Waals surface area contributed by atoms with Crippen LogP contribution in [0.4, 0.5) is 5.95 Å². The minimum atomic E-state index is -0.0982. The summed E-state index contributed by atoms with van der Waals surface area (Å²) in [7, 11) is 1.90. The summed E-state index contributed by atoms with van der Waals surface area (Å²) in [5, 5.41) is 0. The second-order valence-corrected chi connectivity index (χ2v) is 7.54. The van der Waals surface area contributed by atoms with Crippen LogP contribution in [-0.2, 0) is 4.79 Å². The highest BCUT2D eigenvalue weighted by atomic mass is 16.2. The maximum Gasteiger partial charge on any atom is 0.237 e. The van der Waals surface area contributed by atoms with E-state index < -0.39 is 0 Å². The van der Waals surface area contributed by atoms with E-state index in [-0.39, 0.29) is 11.9 Å². The van der Waals surface area contributed by atoms with Crippen molar-refractivity contribution in [2.45, 2.75) is 6.04 Å². The van der Waals surface area contributed by atoms with Crippen molar-refractivity contribution in [2.75, 3.05) is 44.7 Å². The molecule has 154 valence electrons. The Balaban J connectivity index is 1.42. The van der Waals surface area contributed by atoms with Gasteiger partial charge in [-0.2, -0.15) is 0 Å². The molecule has 1 aromatic heterocycles. The monoisotopic (exact) mass is 401 g/mol. The molecule has 2 aromatic carbocycles. The molecule has 1 aliphatic rings. The van der Waals surface area contributed by atoms with Crippen molar-refractivity contribution in [3.8, 4) is 0 Å². The number of benzene rings is 2. The van der Waals surface area contributed by atoms with Crippen LogP contribution in [0.25, 0.3) is 0 Å². The van der Waals surface area contributed by atoms with E-state index in [1.165, 1.54) is 0 Å². The number of carbonyl (C=O) groups is 1. The summed E-state index contributed by atoms with van der Waals surface area (Å²) in [5.41, 5.74) is 2.23. The highest BCUT2D eigenvalue weighted by molar-refractivity contribution is 5.79. The van der Waals surface area contributed by atoms with Crippen LogP contribution in [0.2, 0.25) is 0 Å². The van der Waals surface area contributed by atoms with Crippen LogP contribution in [0.3, 0.4) is 0 Å². The van der Waals surface area contributed by atoms with E-state index in [0.29, 0.717) is 6.54 Å². The summed E-state index contributed by atoms with van der Waals surface area (Å²) in [6.07, 6.45) is 3.53. The van der Waals surface area contributed by atoms with Gasteiger partial charge < -0.3 is 9.80 Å². The summed E-state index contributed by atoms with van der Waals surface area (Å²) in [6.45, 7) is 3.69. The number of aromatic nitrogens is 2. The second kappa shape index (κ2) is 9.50. The minimum Gasteiger partial charge on any atom is -0.338 e. The number of nitrogens with zero attached hydrogens (tertiary/aromatic N) is 5. The highest BCUT2D eigenvalue weighted by Gasteiger charge is 2.26. The van der Waals surface area contributed by atoms with E-state index >= 15 is 0 Å². The van der Waals surface area contributed by atoms with Crippen LogP contribution in [0, 0.1) is 0 Å². The number of rotatable bonds is 6. The molecule has 0 radical (unpaired) electrons. The topological polar surface area (TPSA) is 52.6 Å². The van der Waals surface area contributed by atoms with Crippen molar-refractivity contribution in [1.82, 2.24) is 19.8 Å². The van der Waals surface area contributed by atoms with Gasteiger partial charge in [-0.3, -0.25) is 9.69 Å². The smallest absolute Gasteiger partial charge is 0.237 e. The molecule has 2 heterocycles. The number of anilines is 1. The molecule has 1 amide bonds. The predicted octanol–water partition coefficient (Wildman–Crippen LogP) is 2.85. The standard InChI is InChI=1S/C24H27N5O/c1-27(23(20-9-4-2-5-10-20)21-11-6-3-7-12-21)22(30)19-28-15-17-29(18-16-28)24-25-13-8-14-26-24/h2-14,23H,15-19H2,1H3. The maximum absolute atomic E-state index is 13.2. The molecule has 0 spiro atoms. The van der Waals surface area contributed by atoms with Crippen LogP contribution in [0.15, 0.2) is 79.1 Å². The number of likely N-dealkylation sites (N-methyl/N-ethyl adjacent to an activating group) is 1. The van der Waals surface area contributed by atoms with Gasteiger partial charge in [0.15, 0.2) is 0 Å². The summed E-state index contributed by atoms with van der Waals surface area (Å²) in [4.78, 5) is 28.1. The lowest BCUT2D eigenvalue weighted by molar-refractivity contribution is -0.132. The van der Waals surface area contributed by atoms with E-state index in [4.69, 9.17) is 0 Å². The Hall–Kier alpha value is -3.25. The molecule has 4 rings (SSSR count). The molecular weight excluding hydrogens is 374 g/mol. The van der Waals surface area contributed by atoms with Gasteiger partial charge in [-0.15, -0.1) is 0 Å². The molecule has 0 atom stereocenters. The molecule has 0 saturated carbocycles. The zero-order valence-electron chi connectivity index (χ0n) is 17.3. The molecule has 6 heteroatoms. The molecule has 1 fully saturated rings. The van der Waals surface area contributed by atoms with Crippen LogP contribution < -0.4 is 4.90 Å². The first-order valence-corrected chi connectivity index (χ1v) is 10.3. The Labute approximate surface area is 177 Å². The van der Waals surface area contributed by atoms with Crippen molar-refractivity contribution >= 4 is 11.9 Å². The van der Waals surface area contributed by atoms with Gasteiger partial charge in [0.2, 0.25) is 11.9 Å². The van der Waals surface area contributed by atoms with Crippen LogP contribution >= 0.6 is 0 Å². The van der Waals surface area contributed by atoms with Crippen LogP contribution in [0.5, 0.6) is 0 Å². The zero-order valence-corrected chi connectivity index (χ0v) is 17.3. The molecule has 0 unspecified atom stereocenters. The third-order valence-electron chi connectivity index (χ3n) is 5.58. The van der Waals surface area contributed by atoms with Crippen molar-refractivity contribution in [1.29, 1.82) is 0 Å². The Kier molecular flexibility index (Phi) is 6.35. The first-order valence-electron chi connectivity index (χ1n) is 10.3. The molecule has 30 heavy (non-hydrogen) atoms. The van der Waals surface area contributed by atoms with E-state index in [1.54, 1.807) is 12.4 Å². The summed E-state index contributed by atoms with van der Waals surface area (Å²) < 4.78 is 0. The second-order valence-electron chi connectivity index (χ2n) is 7.54.